The number of rotatable bonds is 4. The van der Waals surface area contributed by atoms with Gasteiger partial charge in [0.25, 0.3) is 0 Å². The summed E-state index contributed by atoms with van der Waals surface area (Å²) < 4.78 is 1.89. The molecule has 0 saturated carbocycles. The smallest absolute Gasteiger partial charge is 0.0521 e. The van der Waals surface area contributed by atoms with Crippen LogP contribution >= 0.6 is 0 Å². The molecule has 0 bridgehead atoms. The van der Waals surface area contributed by atoms with Crippen LogP contribution < -0.4 is 0 Å². The molecule has 0 amide bonds. The van der Waals surface area contributed by atoms with Crippen molar-refractivity contribution in [2.45, 2.75) is 26.8 Å². The molecule has 1 rings (SSSR count). The molecule has 0 spiro atoms. The van der Waals surface area contributed by atoms with Gasteiger partial charge in [0, 0.05) is 19.3 Å². The second-order valence-corrected chi connectivity index (χ2v) is 3.21. The highest BCUT2D eigenvalue weighted by Gasteiger charge is 2.02. The van der Waals surface area contributed by atoms with Crippen LogP contribution in [0.4, 0.5) is 0 Å². The summed E-state index contributed by atoms with van der Waals surface area (Å²) >= 11 is 0. The molecule has 3 nitrogen and oxygen atoms in total. The van der Waals surface area contributed by atoms with Crippen LogP contribution in [0.2, 0.25) is 0 Å². The minimum Gasteiger partial charge on any atom is -0.396 e. The molecule has 1 unspecified atom stereocenters. The molecule has 1 heterocycles. The Morgan fingerprint density at radius 2 is 2.42 bits per heavy atom. The number of aliphatic hydroxyl groups is 1. The molecule has 12 heavy (non-hydrogen) atoms. The predicted octanol–water partition coefficient (Wildman–Crippen LogP) is 1.07. The summed E-state index contributed by atoms with van der Waals surface area (Å²) in [4.78, 5) is 0. The predicted molar refractivity (Wildman–Crippen MR) is 47.9 cm³/mol. The molecule has 0 radical (unpaired) electrons. The monoisotopic (exact) mass is 168 g/mol. The number of nitrogens with zero attached hydrogens (tertiary/aromatic N) is 2. The molecule has 0 aliphatic carbocycles. The summed E-state index contributed by atoms with van der Waals surface area (Å²) in [5, 5.41) is 13.0. The number of hydrogen-bond acceptors (Lipinski definition) is 2. The van der Waals surface area contributed by atoms with Crippen molar-refractivity contribution >= 4 is 0 Å². The Balaban J connectivity index is 2.52. The molecule has 68 valence electrons. The molecule has 0 fully saturated rings. The Labute approximate surface area is 73.0 Å². The zero-order valence-corrected chi connectivity index (χ0v) is 7.70. The fourth-order valence-electron chi connectivity index (χ4n) is 1.07. The lowest BCUT2D eigenvalue weighted by Crippen LogP contribution is -2.11. The number of aliphatic hydroxyl groups excluding tert-OH is 1. The molecular formula is C9H16N2O. The first-order valence-electron chi connectivity index (χ1n) is 4.38. The molecular weight excluding hydrogens is 152 g/mol. The van der Waals surface area contributed by atoms with E-state index in [1.807, 2.05) is 24.0 Å². The Bertz CT molecular complexity index is 232. The highest BCUT2D eigenvalue weighted by atomic mass is 16.3. The first kappa shape index (κ1) is 9.26. The lowest BCUT2D eigenvalue weighted by molar-refractivity contribution is 0.219. The van der Waals surface area contributed by atoms with Gasteiger partial charge in [-0.15, -0.1) is 0 Å². The van der Waals surface area contributed by atoms with E-state index in [2.05, 4.69) is 12.0 Å². The lowest BCUT2D eigenvalue weighted by Gasteiger charge is -2.06. The largest absolute Gasteiger partial charge is 0.396 e. The van der Waals surface area contributed by atoms with Crippen LogP contribution in [0.3, 0.4) is 0 Å². The van der Waals surface area contributed by atoms with Gasteiger partial charge in [-0.3, -0.25) is 4.68 Å². The van der Waals surface area contributed by atoms with E-state index in [0.29, 0.717) is 0 Å². The maximum Gasteiger partial charge on any atom is 0.0521 e. The van der Waals surface area contributed by atoms with E-state index in [1.165, 1.54) is 5.56 Å². The Hall–Kier alpha value is -0.830. The molecule has 0 aliphatic rings. The van der Waals surface area contributed by atoms with Crippen molar-refractivity contribution in [3.8, 4) is 0 Å². The van der Waals surface area contributed by atoms with Crippen molar-refractivity contribution in [1.29, 1.82) is 0 Å². The van der Waals surface area contributed by atoms with Crippen LogP contribution in [-0.4, -0.2) is 21.5 Å². The fraction of sp³-hybridized carbons (Fsp3) is 0.667. The first-order chi connectivity index (χ1) is 5.76. The van der Waals surface area contributed by atoms with E-state index in [-0.39, 0.29) is 12.5 Å². The summed E-state index contributed by atoms with van der Waals surface area (Å²) in [7, 11) is 0. The molecule has 3 heteroatoms. The summed E-state index contributed by atoms with van der Waals surface area (Å²) in [5.74, 6) is 0.287. The Kier molecular flexibility index (Phi) is 3.29. The van der Waals surface area contributed by atoms with Gasteiger partial charge in [-0.25, -0.2) is 0 Å². The third-order valence-electron chi connectivity index (χ3n) is 1.91. The minimum absolute atomic E-state index is 0.224. The summed E-state index contributed by atoms with van der Waals surface area (Å²) in [6.07, 6.45) is 4.93. The second kappa shape index (κ2) is 4.26. The van der Waals surface area contributed by atoms with E-state index < -0.39 is 0 Å². The van der Waals surface area contributed by atoms with Crippen LogP contribution in [-0.2, 0) is 13.0 Å². The first-order valence-corrected chi connectivity index (χ1v) is 4.38. The van der Waals surface area contributed by atoms with Crippen molar-refractivity contribution in [3.05, 3.63) is 18.0 Å². The maximum absolute atomic E-state index is 8.82. The van der Waals surface area contributed by atoms with Gasteiger partial charge >= 0.3 is 0 Å². The zero-order valence-electron chi connectivity index (χ0n) is 7.70. The molecule has 1 atom stereocenters. The SMILES string of the molecule is CCc1cnn(CC(C)CO)c1. The van der Waals surface area contributed by atoms with Gasteiger partial charge in [-0.1, -0.05) is 13.8 Å². The number of hydrogen-bond donors (Lipinski definition) is 1. The van der Waals surface area contributed by atoms with Gasteiger partial charge in [-0.2, -0.15) is 5.10 Å². The Morgan fingerprint density at radius 1 is 1.67 bits per heavy atom. The van der Waals surface area contributed by atoms with Crippen LogP contribution in [0.1, 0.15) is 19.4 Å². The van der Waals surface area contributed by atoms with Crippen LogP contribution in [0.5, 0.6) is 0 Å². The van der Waals surface area contributed by atoms with Crippen molar-refractivity contribution in [2.75, 3.05) is 6.61 Å². The quantitative estimate of drug-likeness (QED) is 0.730. The number of aryl methyl sites for hydroxylation is 1. The van der Waals surface area contributed by atoms with Crippen LogP contribution in [0, 0.1) is 5.92 Å². The minimum atomic E-state index is 0.224. The van der Waals surface area contributed by atoms with Crippen molar-refractivity contribution in [3.63, 3.8) is 0 Å². The van der Waals surface area contributed by atoms with E-state index in [4.69, 9.17) is 5.11 Å². The van der Waals surface area contributed by atoms with Gasteiger partial charge < -0.3 is 5.11 Å². The van der Waals surface area contributed by atoms with Crippen molar-refractivity contribution < 1.29 is 5.11 Å². The van der Waals surface area contributed by atoms with Crippen molar-refractivity contribution in [2.24, 2.45) is 5.92 Å². The molecule has 0 aliphatic heterocycles. The molecule has 1 N–H and O–H groups in total. The van der Waals surface area contributed by atoms with Crippen LogP contribution in [0.15, 0.2) is 12.4 Å². The summed E-state index contributed by atoms with van der Waals surface area (Å²) in [5.41, 5.74) is 1.25. The fourth-order valence-corrected chi connectivity index (χ4v) is 1.07. The standard InChI is InChI=1S/C9H16N2O/c1-3-9-4-10-11(6-9)5-8(2)7-12/h4,6,8,12H,3,5,7H2,1-2H3. The van der Waals surface area contributed by atoms with E-state index in [9.17, 15) is 0 Å². The maximum atomic E-state index is 8.82. The Morgan fingerprint density at radius 3 is 2.92 bits per heavy atom. The van der Waals surface area contributed by atoms with Gasteiger partial charge in [0.15, 0.2) is 0 Å². The van der Waals surface area contributed by atoms with Crippen molar-refractivity contribution in [1.82, 2.24) is 9.78 Å². The second-order valence-electron chi connectivity index (χ2n) is 3.21. The molecule has 0 saturated heterocycles. The normalized spacial score (nSPS) is 13.2. The average molecular weight is 168 g/mol. The van der Waals surface area contributed by atoms with Gasteiger partial charge in [0.05, 0.1) is 6.20 Å². The highest BCUT2D eigenvalue weighted by Crippen LogP contribution is 2.02. The topological polar surface area (TPSA) is 38.0 Å². The molecule has 0 aromatic carbocycles. The van der Waals surface area contributed by atoms with E-state index >= 15 is 0 Å². The van der Waals surface area contributed by atoms with E-state index in [0.717, 1.165) is 13.0 Å². The third kappa shape index (κ3) is 2.34. The van der Waals surface area contributed by atoms with Gasteiger partial charge in [0.2, 0.25) is 0 Å². The van der Waals surface area contributed by atoms with Crippen LogP contribution in [0.25, 0.3) is 0 Å². The molecule has 1 aromatic rings. The number of aromatic nitrogens is 2. The van der Waals surface area contributed by atoms with E-state index in [1.54, 1.807) is 0 Å². The average Bonchev–Trinajstić information content (AvgIpc) is 2.52. The lowest BCUT2D eigenvalue weighted by atomic mass is 10.2. The zero-order chi connectivity index (χ0) is 8.97. The third-order valence-corrected chi connectivity index (χ3v) is 1.91. The van der Waals surface area contributed by atoms with Gasteiger partial charge in [0.1, 0.15) is 0 Å². The molecule has 1 aromatic heterocycles. The van der Waals surface area contributed by atoms with Gasteiger partial charge in [-0.05, 0) is 17.9 Å². The summed E-state index contributed by atoms with van der Waals surface area (Å²) in [6, 6.07) is 0. The highest BCUT2D eigenvalue weighted by molar-refractivity contribution is 5.02. The summed E-state index contributed by atoms with van der Waals surface area (Å²) in [6.45, 7) is 5.14.